The maximum atomic E-state index is 13.7. The van der Waals surface area contributed by atoms with Crippen molar-refractivity contribution in [3.8, 4) is 11.8 Å². The molecular weight excluding hydrogens is 456 g/mol. The van der Waals surface area contributed by atoms with Gasteiger partial charge in [0.2, 0.25) is 11.8 Å². The summed E-state index contributed by atoms with van der Waals surface area (Å²) in [6, 6.07) is 4.22. The van der Waals surface area contributed by atoms with Gasteiger partial charge in [-0.15, -0.1) is 0 Å². The lowest BCUT2D eigenvalue weighted by Gasteiger charge is -2.33. The molecule has 9 nitrogen and oxygen atoms in total. The molecule has 10 heteroatoms. The third-order valence-electron chi connectivity index (χ3n) is 4.65. The van der Waals surface area contributed by atoms with Crippen molar-refractivity contribution in [3.63, 3.8) is 0 Å². The summed E-state index contributed by atoms with van der Waals surface area (Å²) < 4.78 is 5.31. The Kier molecular flexibility index (Phi) is 11.2. The smallest absolute Gasteiger partial charge is 0.408 e. The average Bonchev–Trinajstić information content (AvgIpc) is 2.70. The van der Waals surface area contributed by atoms with E-state index in [2.05, 4.69) is 10.6 Å². The molecule has 0 bridgehead atoms. The summed E-state index contributed by atoms with van der Waals surface area (Å²) in [5.41, 5.74) is 0.209. The normalized spacial score (nSPS) is 12.9. The van der Waals surface area contributed by atoms with E-state index in [0.29, 0.717) is 16.9 Å². The molecule has 0 aromatic heterocycles. The second-order valence-electron chi connectivity index (χ2n) is 9.22. The first-order chi connectivity index (χ1) is 15.8. The van der Waals surface area contributed by atoms with Crippen LogP contribution in [0.1, 0.15) is 58.2 Å². The van der Waals surface area contributed by atoms with Gasteiger partial charge in [-0.3, -0.25) is 9.59 Å². The quantitative estimate of drug-likeness (QED) is 0.427. The lowest BCUT2D eigenvalue weighted by molar-refractivity contribution is -0.142. The molecule has 0 saturated heterocycles. The molecule has 0 fully saturated rings. The van der Waals surface area contributed by atoms with Crippen molar-refractivity contribution in [1.29, 1.82) is 5.26 Å². The zero-order chi connectivity index (χ0) is 26.1. The number of nitrogens with one attached hydrogen (secondary N) is 2. The number of carbonyl (C=O) groups excluding carboxylic acids is 3. The van der Waals surface area contributed by atoms with Crippen LogP contribution < -0.4 is 10.6 Å². The molecule has 0 spiro atoms. The Morgan fingerprint density at radius 2 is 1.88 bits per heavy atom. The number of carbonyl (C=O) groups is 3. The number of thioether (sulfide) groups is 1. The molecule has 0 aliphatic rings. The predicted molar refractivity (Wildman–Crippen MR) is 132 cm³/mol. The molecule has 34 heavy (non-hydrogen) atoms. The minimum absolute atomic E-state index is 0.0503. The Labute approximate surface area is 206 Å². The number of nitriles is 1. The number of nitrogens with zero attached hydrogens (tertiary/aromatic N) is 2. The van der Waals surface area contributed by atoms with Gasteiger partial charge in [-0.2, -0.15) is 17.0 Å². The number of phenolic OH excluding ortho intramolecular Hbond substituents is 1. The van der Waals surface area contributed by atoms with Crippen molar-refractivity contribution < 1.29 is 24.2 Å². The third-order valence-corrected chi connectivity index (χ3v) is 5.30. The van der Waals surface area contributed by atoms with Crippen LogP contribution in [0.4, 0.5) is 4.79 Å². The van der Waals surface area contributed by atoms with E-state index in [9.17, 15) is 24.8 Å². The molecule has 0 radical (unpaired) electrons. The fourth-order valence-electron chi connectivity index (χ4n) is 3.20. The molecule has 3 N–H and O–H groups in total. The molecular formula is C24H36N4O5S. The van der Waals surface area contributed by atoms with E-state index in [1.54, 1.807) is 53.7 Å². The Balaban J connectivity index is 3.44. The maximum absolute atomic E-state index is 13.7. The van der Waals surface area contributed by atoms with Crippen LogP contribution in [0.15, 0.2) is 18.2 Å². The van der Waals surface area contributed by atoms with Gasteiger partial charge in [0.25, 0.3) is 0 Å². The van der Waals surface area contributed by atoms with Gasteiger partial charge < -0.3 is 25.4 Å². The van der Waals surface area contributed by atoms with Gasteiger partial charge in [-0.25, -0.2) is 4.79 Å². The number of benzene rings is 1. The number of rotatable bonds is 10. The van der Waals surface area contributed by atoms with Gasteiger partial charge in [-0.05, 0) is 83.2 Å². The first-order valence-corrected chi connectivity index (χ1v) is 12.5. The van der Waals surface area contributed by atoms with Crippen LogP contribution in [0, 0.1) is 18.3 Å². The predicted octanol–water partition coefficient (Wildman–Crippen LogP) is 3.26. The number of phenols is 1. The Morgan fingerprint density at radius 1 is 1.24 bits per heavy atom. The largest absolute Gasteiger partial charge is 0.508 e. The fourth-order valence-corrected chi connectivity index (χ4v) is 3.67. The second kappa shape index (κ2) is 13.1. The highest BCUT2D eigenvalue weighted by atomic mass is 32.2. The van der Waals surface area contributed by atoms with Crippen LogP contribution >= 0.6 is 11.8 Å². The van der Waals surface area contributed by atoms with Crippen molar-refractivity contribution in [3.05, 3.63) is 29.3 Å². The van der Waals surface area contributed by atoms with Crippen LogP contribution in [0.5, 0.6) is 5.75 Å². The van der Waals surface area contributed by atoms with Gasteiger partial charge >= 0.3 is 6.09 Å². The van der Waals surface area contributed by atoms with Crippen molar-refractivity contribution in [2.75, 3.05) is 18.6 Å². The highest BCUT2D eigenvalue weighted by molar-refractivity contribution is 7.98. The lowest BCUT2D eigenvalue weighted by atomic mass is 9.99. The zero-order valence-corrected chi connectivity index (χ0v) is 21.8. The van der Waals surface area contributed by atoms with E-state index in [1.165, 1.54) is 17.8 Å². The topological polar surface area (TPSA) is 132 Å². The first kappa shape index (κ1) is 29.1. The van der Waals surface area contributed by atoms with E-state index < -0.39 is 35.6 Å². The van der Waals surface area contributed by atoms with Gasteiger partial charge in [0, 0.05) is 6.04 Å². The molecule has 3 amide bonds. The summed E-state index contributed by atoms with van der Waals surface area (Å²) in [7, 11) is 0. The zero-order valence-electron chi connectivity index (χ0n) is 21.0. The maximum Gasteiger partial charge on any atom is 0.408 e. The van der Waals surface area contributed by atoms with Crippen LogP contribution in [0.25, 0.3) is 0 Å². The highest BCUT2D eigenvalue weighted by Crippen LogP contribution is 2.27. The minimum atomic E-state index is -1.13. The Hall–Kier alpha value is -2.93. The SMILES string of the molecule is CSCCC(NC(=O)OC(C)(C)C)C(=O)N(CC#N)C(C(=O)NC(C)C)c1ccc(O)c(C)c1. The van der Waals surface area contributed by atoms with E-state index in [4.69, 9.17) is 4.74 Å². The third kappa shape index (κ3) is 9.14. The van der Waals surface area contributed by atoms with Gasteiger partial charge in [0.1, 0.15) is 30.0 Å². The molecule has 1 aromatic carbocycles. The molecule has 1 rings (SSSR count). The van der Waals surface area contributed by atoms with E-state index >= 15 is 0 Å². The Bertz CT molecular complexity index is 908. The van der Waals surface area contributed by atoms with Crippen molar-refractivity contribution in [1.82, 2.24) is 15.5 Å². The molecule has 1 aromatic rings. The summed E-state index contributed by atoms with van der Waals surface area (Å²) in [4.78, 5) is 40.5. The monoisotopic (exact) mass is 492 g/mol. The molecule has 2 unspecified atom stereocenters. The van der Waals surface area contributed by atoms with Crippen LogP contribution in [0.3, 0.4) is 0 Å². The number of alkyl carbamates (subject to hydrolysis) is 1. The van der Waals surface area contributed by atoms with Crippen molar-refractivity contribution in [2.24, 2.45) is 0 Å². The number of aryl methyl sites for hydroxylation is 1. The van der Waals surface area contributed by atoms with Gasteiger partial charge in [0.15, 0.2) is 0 Å². The van der Waals surface area contributed by atoms with E-state index in [0.717, 1.165) is 4.90 Å². The number of hydrogen-bond acceptors (Lipinski definition) is 7. The standard InChI is InChI=1S/C24H36N4O5S/c1-15(2)26-21(30)20(17-8-9-19(29)16(3)14-17)28(12-11-25)22(31)18(10-13-34-7)27-23(32)33-24(4,5)6/h8-9,14-15,18,20,29H,10,12-13H2,1-7H3,(H,26,30)(H,27,32). The van der Waals surface area contributed by atoms with E-state index in [1.807, 2.05) is 12.3 Å². The average molecular weight is 493 g/mol. The second-order valence-corrected chi connectivity index (χ2v) is 10.2. The summed E-state index contributed by atoms with van der Waals surface area (Å²) >= 11 is 1.50. The van der Waals surface area contributed by atoms with Crippen LogP contribution in [0.2, 0.25) is 0 Å². The van der Waals surface area contributed by atoms with Crippen LogP contribution in [-0.4, -0.2) is 64.2 Å². The Morgan fingerprint density at radius 3 is 2.38 bits per heavy atom. The molecule has 0 heterocycles. The number of amides is 3. The summed E-state index contributed by atoms with van der Waals surface area (Å²) in [5, 5.41) is 24.9. The first-order valence-electron chi connectivity index (χ1n) is 11.1. The van der Waals surface area contributed by atoms with Crippen molar-refractivity contribution in [2.45, 2.75) is 71.7 Å². The molecule has 0 saturated carbocycles. The summed E-state index contributed by atoms with van der Waals surface area (Å²) in [6.07, 6.45) is 1.40. The van der Waals surface area contributed by atoms with Gasteiger partial charge in [-0.1, -0.05) is 6.07 Å². The molecule has 0 aliphatic carbocycles. The highest BCUT2D eigenvalue weighted by Gasteiger charge is 2.36. The summed E-state index contributed by atoms with van der Waals surface area (Å²) in [5.74, 6) is -0.427. The number of aromatic hydroxyl groups is 1. The van der Waals surface area contributed by atoms with Gasteiger partial charge in [0.05, 0.1) is 6.07 Å². The van der Waals surface area contributed by atoms with Crippen molar-refractivity contribution >= 4 is 29.7 Å². The van der Waals surface area contributed by atoms with E-state index in [-0.39, 0.29) is 24.8 Å². The fraction of sp³-hybridized carbons (Fsp3) is 0.583. The lowest BCUT2D eigenvalue weighted by Crippen LogP contribution is -2.53. The number of hydrogen-bond donors (Lipinski definition) is 3. The summed E-state index contributed by atoms with van der Waals surface area (Å²) in [6.45, 7) is 10.0. The number of ether oxygens (including phenoxy) is 1. The minimum Gasteiger partial charge on any atom is -0.508 e. The molecule has 0 aliphatic heterocycles. The van der Waals surface area contributed by atoms with Crippen LogP contribution in [-0.2, 0) is 14.3 Å². The molecule has 188 valence electrons. The molecule has 2 atom stereocenters.